The summed E-state index contributed by atoms with van der Waals surface area (Å²) in [7, 11) is 0. The fraction of sp³-hybridized carbons (Fsp3) is 0.500. The van der Waals surface area contributed by atoms with Gasteiger partial charge in [-0.1, -0.05) is 13.3 Å². The highest BCUT2D eigenvalue weighted by atomic mass is 32.1. The van der Waals surface area contributed by atoms with Crippen molar-refractivity contribution in [2.24, 2.45) is 0 Å². The Hall–Kier alpha value is -2.15. The molecule has 0 aliphatic carbocycles. The van der Waals surface area contributed by atoms with Crippen LogP contribution in [0, 0.1) is 0 Å². The number of hydrogen-bond acceptors (Lipinski definition) is 4. The van der Waals surface area contributed by atoms with Crippen molar-refractivity contribution in [3.05, 3.63) is 41.7 Å². The van der Waals surface area contributed by atoms with E-state index in [0.29, 0.717) is 11.6 Å². The molecule has 0 N–H and O–H groups in total. The third kappa shape index (κ3) is 3.20. The van der Waals surface area contributed by atoms with Gasteiger partial charge in [-0.3, -0.25) is 9.20 Å². The van der Waals surface area contributed by atoms with Crippen molar-refractivity contribution < 1.29 is 4.79 Å². The topological polar surface area (TPSA) is 55.4 Å². The highest BCUT2D eigenvalue weighted by Gasteiger charge is 2.29. The molecule has 1 amide bonds. The third-order valence-corrected chi connectivity index (χ3v) is 5.66. The van der Waals surface area contributed by atoms with Gasteiger partial charge in [-0.25, -0.2) is 9.97 Å². The molecule has 1 atom stereocenters. The van der Waals surface area contributed by atoms with Crippen molar-refractivity contribution in [3.63, 3.8) is 0 Å². The number of carbonyl (C=O) groups excluding carboxylic acids is 1. The number of thiazole rings is 1. The molecule has 0 radical (unpaired) electrons. The third-order valence-electron chi connectivity index (χ3n) is 4.89. The average Bonchev–Trinajstić information content (AvgIpc) is 3.34. The van der Waals surface area contributed by atoms with E-state index in [-0.39, 0.29) is 5.91 Å². The molecule has 6 nitrogen and oxygen atoms in total. The van der Waals surface area contributed by atoms with Crippen LogP contribution in [-0.4, -0.2) is 42.8 Å². The first-order valence-corrected chi connectivity index (χ1v) is 9.86. The van der Waals surface area contributed by atoms with E-state index in [9.17, 15) is 4.79 Å². The number of carbonyl (C=O) groups is 1. The Morgan fingerprint density at radius 1 is 1.40 bits per heavy atom. The maximum absolute atomic E-state index is 12.9. The van der Waals surface area contributed by atoms with Gasteiger partial charge in [-0.15, -0.1) is 11.3 Å². The lowest BCUT2D eigenvalue weighted by Crippen LogP contribution is -2.40. The molecule has 1 aliphatic heterocycles. The molecule has 4 heterocycles. The summed E-state index contributed by atoms with van der Waals surface area (Å²) >= 11 is 1.55. The fourth-order valence-corrected chi connectivity index (χ4v) is 4.26. The molecule has 4 rings (SSSR count). The number of fused-ring (bicyclic) bond motifs is 1. The van der Waals surface area contributed by atoms with Crippen molar-refractivity contribution >= 4 is 22.2 Å². The summed E-state index contributed by atoms with van der Waals surface area (Å²) in [5.41, 5.74) is 0.543. The van der Waals surface area contributed by atoms with Gasteiger partial charge in [0.05, 0.1) is 0 Å². The first kappa shape index (κ1) is 16.3. The zero-order chi connectivity index (χ0) is 17.2. The number of hydrogen-bond donors (Lipinski definition) is 0. The van der Waals surface area contributed by atoms with Gasteiger partial charge in [0.25, 0.3) is 5.91 Å². The van der Waals surface area contributed by atoms with Crippen LogP contribution in [0.15, 0.2) is 30.2 Å². The van der Waals surface area contributed by atoms with Crippen LogP contribution in [0.25, 0.3) is 4.96 Å². The summed E-state index contributed by atoms with van der Waals surface area (Å²) < 4.78 is 4.17. The zero-order valence-electron chi connectivity index (χ0n) is 14.5. The summed E-state index contributed by atoms with van der Waals surface area (Å²) in [6, 6.07) is 0. The monoisotopic (exact) mass is 357 g/mol. The standard InChI is InChI=1S/C18H23N5OS/c1-2-3-7-21-9-6-19-16(21)14-5-4-8-22(12-14)17(24)15-13-23-10-11-25-18(23)20-15/h6,9-11,13-14H,2-5,7-8,12H2,1H3/t14-/m0/s1. The lowest BCUT2D eigenvalue weighted by Gasteiger charge is -2.32. The van der Waals surface area contributed by atoms with Crippen molar-refractivity contribution in [2.75, 3.05) is 13.1 Å². The van der Waals surface area contributed by atoms with Gasteiger partial charge in [-0.05, 0) is 19.3 Å². The van der Waals surface area contributed by atoms with Crippen LogP contribution in [0.5, 0.6) is 0 Å². The molecule has 1 fully saturated rings. The SMILES string of the molecule is CCCCn1ccnc1[C@H]1CCCN(C(=O)c2cn3ccsc3n2)C1. The van der Waals surface area contributed by atoms with Crippen LogP contribution in [0.3, 0.4) is 0 Å². The van der Waals surface area contributed by atoms with Crippen molar-refractivity contribution in [1.29, 1.82) is 0 Å². The average molecular weight is 357 g/mol. The number of piperidine rings is 1. The van der Waals surface area contributed by atoms with E-state index in [4.69, 9.17) is 0 Å². The second-order valence-corrected chi connectivity index (χ2v) is 7.51. The molecule has 0 saturated carbocycles. The van der Waals surface area contributed by atoms with E-state index in [2.05, 4.69) is 27.7 Å². The number of aromatic nitrogens is 4. The van der Waals surface area contributed by atoms with Crippen LogP contribution in [0.1, 0.15) is 54.8 Å². The van der Waals surface area contributed by atoms with Crippen LogP contribution in [0.4, 0.5) is 0 Å². The minimum absolute atomic E-state index is 0.0345. The molecule has 1 aliphatic rings. The Bertz CT molecular complexity index is 835. The summed E-state index contributed by atoms with van der Waals surface area (Å²) in [6.45, 7) is 4.74. The zero-order valence-corrected chi connectivity index (χ0v) is 15.3. The molecule has 0 spiro atoms. The van der Waals surface area contributed by atoms with Gasteiger partial charge in [0.15, 0.2) is 4.96 Å². The molecule has 3 aromatic heterocycles. The maximum atomic E-state index is 12.9. The minimum Gasteiger partial charge on any atom is -0.337 e. The lowest BCUT2D eigenvalue weighted by molar-refractivity contribution is 0.0698. The van der Waals surface area contributed by atoms with Crippen molar-refractivity contribution in [3.8, 4) is 0 Å². The number of imidazole rings is 2. The Balaban J connectivity index is 1.50. The lowest BCUT2D eigenvalue weighted by atomic mass is 9.96. The first-order valence-electron chi connectivity index (χ1n) is 8.98. The Kier molecular flexibility index (Phi) is 4.57. The van der Waals surface area contributed by atoms with E-state index < -0.39 is 0 Å². The molecule has 0 bridgehead atoms. The van der Waals surface area contributed by atoms with Crippen LogP contribution in [-0.2, 0) is 6.54 Å². The summed E-state index contributed by atoms with van der Waals surface area (Å²) in [5.74, 6) is 1.47. The maximum Gasteiger partial charge on any atom is 0.274 e. The van der Waals surface area contributed by atoms with Gasteiger partial charge >= 0.3 is 0 Å². The minimum atomic E-state index is 0.0345. The number of nitrogens with zero attached hydrogens (tertiary/aromatic N) is 5. The smallest absolute Gasteiger partial charge is 0.274 e. The molecule has 0 aromatic carbocycles. The second kappa shape index (κ2) is 7.00. The Morgan fingerprint density at radius 3 is 3.16 bits per heavy atom. The number of amides is 1. The van der Waals surface area contributed by atoms with E-state index >= 15 is 0 Å². The first-order chi connectivity index (χ1) is 12.3. The fourth-order valence-electron chi connectivity index (χ4n) is 3.56. The van der Waals surface area contributed by atoms with Gasteiger partial charge < -0.3 is 9.47 Å². The molecule has 7 heteroatoms. The quantitative estimate of drug-likeness (QED) is 0.703. The van der Waals surface area contributed by atoms with Gasteiger partial charge in [-0.2, -0.15) is 0 Å². The summed E-state index contributed by atoms with van der Waals surface area (Å²) in [6.07, 6.45) is 12.1. The molecular formula is C18H23N5OS. The molecule has 1 saturated heterocycles. The van der Waals surface area contributed by atoms with Crippen LogP contribution >= 0.6 is 11.3 Å². The molecule has 0 unspecified atom stereocenters. The predicted molar refractivity (Wildman–Crippen MR) is 98.1 cm³/mol. The molecule has 132 valence electrons. The summed E-state index contributed by atoms with van der Waals surface area (Å²) in [4.78, 5) is 24.7. The van der Waals surface area contributed by atoms with E-state index in [0.717, 1.165) is 49.7 Å². The van der Waals surface area contributed by atoms with Gasteiger partial charge in [0.2, 0.25) is 0 Å². The number of likely N-dealkylation sites (tertiary alicyclic amines) is 1. The summed E-state index contributed by atoms with van der Waals surface area (Å²) in [5, 5.41) is 1.98. The Morgan fingerprint density at radius 2 is 2.32 bits per heavy atom. The predicted octanol–water partition coefficient (Wildman–Crippen LogP) is 3.41. The number of aryl methyl sites for hydroxylation is 1. The highest BCUT2D eigenvalue weighted by Crippen LogP contribution is 2.27. The largest absolute Gasteiger partial charge is 0.337 e. The van der Waals surface area contributed by atoms with E-state index in [1.807, 2.05) is 33.3 Å². The second-order valence-electron chi connectivity index (χ2n) is 6.64. The van der Waals surface area contributed by atoms with Crippen LogP contribution in [0.2, 0.25) is 0 Å². The highest BCUT2D eigenvalue weighted by molar-refractivity contribution is 7.15. The molecule has 25 heavy (non-hydrogen) atoms. The van der Waals surface area contributed by atoms with Crippen molar-refractivity contribution in [2.45, 2.75) is 45.1 Å². The molecule has 3 aromatic rings. The van der Waals surface area contributed by atoms with E-state index in [1.165, 1.54) is 6.42 Å². The number of rotatable bonds is 5. The van der Waals surface area contributed by atoms with Gasteiger partial charge in [0, 0.05) is 55.7 Å². The van der Waals surface area contributed by atoms with Crippen molar-refractivity contribution in [1.82, 2.24) is 23.8 Å². The number of unbranched alkanes of at least 4 members (excludes halogenated alkanes) is 1. The normalized spacial score (nSPS) is 18.1. The van der Waals surface area contributed by atoms with Gasteiger partial charge in [0.1, 0.15) is 11.5 Å². The Labute approximate surface area is 151 Å². The van der Waals surface area contributed by atoms with E-state index in [1.54, 1.807) is 11.3 Å². The van der Waals surface area contributed by atoms with Crippen LogP contribution < -0.4 is 0 Å². The molecular weight excluding hydrogens is 334 g/mol.